The third kappa shape index (κ3) is 4.37. The van der Waals surface area contributed by atoms with Gasteiger partial charge in [0, 0.05) is 16.0 Å². The van der Waals surface area contributed by atoms with Crippen molar-refractivity contribution < 1.29 is 13.2 Å². The van der Waals surface area contributed by atoms with Crippen molar-refractivity contribution in [3.63, 3.8) is 0 Å². The Hall–Kier alpha value is -1.83. The van der Waals surface area contributed by atoms with Gasteiger partial charge in [0.2, 0.25) is 0 Å². The van der Waals surface area contributed by atoms with E-state index in [9.17, 15) is 13.2 Å². The van der Waals surface area contributed by atoms with E-state index in [2.05, 4.69) is 4.99 Å². The highest BCUT2D eigenvalue weighted by molar-refractivity contribution is 8.16. The van der Waals surface area contributed by atoms with Crippen LogP contribution >= 0.6 is 23.4 Å². The van der Waals surface area contributed by atoms with Gasteiger partial charge < -0.3 is 4.90 Å². The molecule has 152 valence electrons. The highest BCUT2D eigenvalue weighted by Crippen LogP contribution is 2.41. The number of sulfone groups is 1. The minimum atomic E-state index is -3.08. The third-order valence-corrected chi connectivity index (χ3v) is 8.79. The van der Waals surface area contributed by atoms with Crippen molar-refractivity contribution in [3.8, 4) is 0 Å². The smallest absolute Gasteiger partial charge is 0.252 e. The van der Waals surface area contributed by atoms with Crippen molar-refractivity contribution in [2.24, 2.45) is 4.99 Å². The molecule has 2 saturated heterocycles. The molecule has 29 heavy (non-hydrogen) atoms. The lowest BCUT2D eigenvalue weighted by molar-refractivity contribution is -0.117. The van der Waals surface area contributed by atoms with E-state index in [0.29, 0.717) is 10.2 Å². The van der Waals surface area contributed by atoms with Crippen LogP contribution in [0.1, 0.15) is 16.7 Å². The standard InChI is InChI=1S/C21H21ClN2O3S2/c1-13-3-8-17(9-14(13)2)24-18-11-29(26,27)12-19(18)28-21(24)23-20(25)10-15-4-6-16(22)7-5-15/h3-9,18-19H,10-12H2,1-2H3/t18-,19-/m0/s1. The lowest BCUT2D eigenvalue weighted by Crippen LogP contribution is -2.37. The Morgan fingerprint density at radius 1 is 1.14 bits per heavy atom. The van der Waals surface area contributed by atoms with E-state index in [1.165, 1.54) is 11.8 Å². The van der Waals surface area contributed by atoms with E-state index in [-0.39, 0.29) is 35.1 Å². The monoisotopic (exact) mass is 448 g/mol. The summed E-state index contributed by atoms with van der Waals surface area (Å²) in [6.07, 6.45) is 0.176. The number of amidine groups is 1. The van der Waals surface area contributed by atoms with Gasteiger partial charge in [0.25, 0.3) is 5.91 Å². The van der Waals surface area contributed by atoms with Crippen molar-refractivity contribution in [1.82, 2.24) is 0 Å². The number of carbonyl (C=O) groups is 1. The molecule has 2 atom stereocenters. The summed E-state index contributed by atoms with van der Waals surface area (Å²) in [7, 11) is -3.08. The number of amides is 1. The van der Waals surface area contributed by atoms with Crippen molar-refractivity contribution in [3.05, 3.63) is 64.2 Å². The number of hydrogen-bond acceptors (Lipinski definition) is 4. The largest absolute Gasteiger partial charge is 0.316 e. The lowest BCUT2D eigenvalue weighted by atomic mass is 10.1. The first kappa shape index (κ1) is 20.4. The maximum absolute atomic E-state index is 12.6. The third-order valence-electron chi connectivity index (χ3n) is 5.32. The van der Waals surface area contributed by atoms with Crippen LogP contribution < -0.4 is 4.90 Å². The number of carbonyl (C=O) groups excluding carboxylic acids is 1. The van der Waals surface area contributed by atoms with Gasteiger partial charge in [-0.15, -0.1) is 0 Å². The van der Waals surface area contributed by atoms with Crippen LogP contribution in [0, 0.1) is 13.8 Å². The average Bonchev–Trinajstić information content (AvgIpc) is 3.10. The molecule has 0 aromatic heterocycles. The van der Waals surface area contributed by atoms with Gasteiger partial charge in [-0.05, 0) is 54.8 Å². The fourth-order valence-corrected chi connectivity index (χ4v) is 7.72. The Bertz CT molecular complexity index is 1100. The molecule has 2 heterocycles. The Morgan fingerprint density at radius 3 is 2.55 bits per heavy atom. The number of nitrogens with zero attached hydrogens (tertiary/aromatic N) is 2. The molecule has 0 N–H and O–H groups in total. The zero-order valence-corrected chi connectivity index (χ0v) is 18.5. The topological polar surface area (TPSA) is 66.8 Å². The summed E-state index contributed by atoms with van der Waals surface area (Å²) in [6.45, 7) is 4.05. The minimum Gasteiger partial charge on any atom is -0.316 e. The van der Waals surface area contributed by atoms with Crippen LogP contribution in [0.4, 0.5) is 5.69 Å². The molecule has 2 fully saturated rings. The van der Waals surface area contributed by atoms with E-state index in [4.69, 9.17) is 11.6 Å². The summed E-state index contributed by atoms with van der Waals surface area (Å²) >= 11 is 7.30. The molecular weight excluding hydrogens is 428 g/mol. The van der Waals surface area contributed by atoms with Crippen LogP contribution in [-0.2, 0) is 21.1 Å². The first-order valence-corrected chi connectivity index (χ1v) is 12.4. The Kier molecular flexibility index (Phi) is 5.48. The molecule has 0 spiro atoms. The number of thioether (sulfide) groups is 1. The molecule has 0 bridgehead atoms. The first-order chi connectivity index (χ1) is 13.7. The van der Waals surface area contributed by atoms with Crippen LogP contribution in [0.15, 0.2) is 47.5 Å². The minimum absolute atomic E-state index is 0.0853. The van der Waals surface area contributed by atoms with Gasteiger partial charge in [0.1, 0.15) is 0 Å². The van der Waals surface area contributed by atoms with Gasteiger partial charge in [-0.2, -0.15) is 4.99 Å². The fraction of sp³-hybridized carbons (Fsp3) is 0.333. The van der Waals surface area contributed by atoms with E-state index in [1.807, 2.05) is 49.1 Å². The van der Waals surface area contributed by atoms with Gasteiger partial charge in [-0.25, -0.2) is 8.42 Å². The van der Waals surface area contributed by atoms with E-state index in [1.54, 1.807) is 12.1 Å². The molecule has 2 aromatic carbocycles. The second-order valence-corrected chi connectivity index (χ2v) is 11.3. The molecule has 2 aromatic rings. The number of fused-ring (bicyclic) bond motifs is 1. The number of hydrogen-bond donors (Lipinski definition) is 0. The normalized spacial score (nSPS) is 24.1. The molecule has 8 heteroatoms. The molecule has 0 unspecified atom stereocenters. The molecule has 5 nitrogen and oxygen atoms in total. The molecule has 1 amide bonds. The maximum atomic E-state index is 12.6. The molecule has 4 rings (SSSR count). The molecule has 2 aliphatic heterocycles. The summed E-state index contributed by atoms with van der Waals surface area (Å²) < 4.78 is 24.4. The zero-order valence-electron chi connectivity index (χ0n) is 16.1. The zero-order chi connectivity index (χ0) is 20.8. The van der Waals surface area contributed by atoms with Gasteiger partial charge >= 0.3 is 0 Å². The Balaban J connectivity index is 1.65. The summed E-state index contributed by atoms with van der Waals surface area (Å²) in [5.74, 6) is -0.0535. The molecule has 0 saturated carbocycles. The number of halogens is 1. The summed E-state index contributed by atoms with van der Waals surface area (Å²) in [6, 6.07) is 12.9. The summed E-state index contributed by atoms with van der Waals surface area (Å²) in [5, 5.41) is 1.09. The number of aryl methyl sites for hydroxylation is 2. The molecule has 2 aliphatic rings. The second kappa shape index (κ2) is 7.78. The number of benzene rings is 2. The number of rotatable bonds is 3. The van der Waals surface area contributed by atoms with Gasteiger partial charge in [-0.1, -0.05) is 41.6 Å². The van der Waals surface area contributed by atoms with Crippen LogP contribution in [0.5, 0.6) is 0 Å². The predicted molar refractivity (Wildman–Crippen MR) is 120 cm³/mol. The van der Waals surface area contributed by atoms with Gasteiger partial charge in [0.05, 0.1) is 24.0 Å². The van der Waals surface area contributed by atoms with Crippen molar-refractivity contribution in [2.75, 3.05) is 16.4 Å². The van der Waals surface area contributed by atoms with Crippen LogP contribution in [0.3, 0.4) is 0 Å². The summed E-state index contributed by atoms with van der Waals surface area (Å²) in [4.78, 5) is 18.9. The van der Waals surface area contributed by atoms with Crippen molar-refractivity contribution in [1.29, 1.82) is 0 Å². The molecule has 0 aliphatic carbocycles. The van der Waals surface area contributed by atoms with E-state index >= 15 is 0 Å². The van der Waals surface area contributed by atoms with Crippen LogP contribution in [0.2, 0.25) is 5.02 Å². The highest BCUT2D eigenvalue weighted by Gasteiger charge is 2.49. The fourth-order valence-electron chi connectivity index (χ4n) is 3.66. The molecule has 0 radical (unpaired) electrons. The Labute approximate surface area is 180 Å². The molecular formula is C21H21ClN2O3S2. The van der Waals surface area contributed by atoms with Crippen LogP contribution in [-0.4, -0.2) is 42.3 Å². The SMILES string of the molecule is Cc1ccc(N2C(=NC(=O)Cc3ccc(Cl)cc3)S[C@H]3CS(=O)(=O)C[C@@H]32)cc1C. The highest BCUT2D eigenvalue weighted by atomic mass is 35.5. The average molecular weight is 449 g/mol. The van der Waals surface area contributed by atoms with E-state index < -0.39 is 9.84 Å². The lowest BCUT2D eigenvalue weighted by Gasteiger charge is -2.25. The quantitative estimate of drug-likeness (QED) is 0.714. The second-order valence-electron chi connectivity index (χ2n) is 7.53. The first-order valence-electron chi connectivity index (χ1n) is 9.31. The predicted octanol–water partition coefficient (Wildman–Crippen LogP) is 3.80. The van der Waals surface area contributed by atoms with Crippen LogP contribution in [0.25, 0.3) is 0 Å². The summed E-state index contributed by atoms with van der Waals surface area (Å²) in [5.41, 5.74) is 3.99. The number of aliphatic imine (C=N–C) groups is 1. The Morgan fingerprint density at radius 2 is 1.86 bits per heavy atom. The van der Waals surface area contributed by atoms with Crippen molar-refractivity contribution >= 4 is 50.0 Å². The van der Waals surface area contributed by atoms with E-state index in [0.717, 1.165) is 22.4 Å². The van der Waals surface area contributed by atoms with Crippen molar-refractivity contribution in [2.45, 2.75) is 31.6 Å². The number of anilines is 1. The maximum Gasteiger partial charge on any atom is 0.252 e. The van der Waals surface area contributed by atoms with Gasteiger partial charge in [-0.3, -0.25) is 4.79 Å². The van der Waals surface area contributed by atoms with Gasteiger partial charge in [0.15, 0.2) is 15.0 Å².